The van der Waals surface area contributed by atoms with Crippen molar-refractivity contribution in [2.45, 2.75) is 19.5 Å². The van der Waals surface area contributed by atoms with Gasteiger partial charge in [-0.1, -0.05) is 0 Å². The minimum atomic E-state index is -4.23. The van der Waals surface area contributed by atoms with Gasteiger partial charge in [-0.15, -0.1) is 11.3 Å². The maximum Gasteiger partial charge on any atom is 0.392 e. The molecule has 0 aliphatic heterocycles. The van der Waals surface area contributed by atoms with Gasteiger partial charge in [-0.05, 0) is 13.0 Å². The highest BCUT2D eigenvalue weighted by Crippen LogP contribution is 2.31. The van der Waals surface area contributed by atoms with Gasteiger partial charge in [-0.3, -0.25) is 0 Å². The standard InChI is InChI=1S/C11H11F3N2OS/c1-6-16-8-5-9(7(15)4-10(8)18-6)17-3-2-11(12,13)14/h4-5H,2-3,15H2,1H3. The largest absolute Gasteiger partial charge is 0.491 e. The van der Waals surface area contributed by atoms with E-state index in [2.05, 4.69) is 4.98 Å². The van der Waals surface area contributed by atoms with Gasteiger partial charge < -0.3 is 10.5 Å². The molecule has 0 saturated heterocycles. The van der Waals surface area contributed by atoms with Gasteiger partial charge in [-0.2, -0.15) is 13.2 Å². The zero-order valence-electron chi connectivity index (χ0n) is 9.54. The number of nitrogens with zero attached hydrogens (tertiary/aromatic N) is 1. The van der Waals surface area contributed by atoms with Crippen molar-refractivity contribution in [3.05, 3.63) is 17.1 Å². The van der Waals surface area contributed by atoms with Crippen LogP contribution in [0.25, 0.3) is 10.2 Å². The zero-order chi connectivity index (χ0) is 13.3. The van der Waals surface area contributed by atoms with E-state index in [9.17, 15) is 13.2 Å². The first-order valence-electron chi connectivity index (χ1n) is 5.21. The Morgan fingerprint density at radius 3 is 2.78 bits per heavy atom. The molecule has 0 aliphatic rings. The van der Waals surface area contributed by atoms with Crippen LogP contribution >= 0.6 is 11.3 Å². The van der Waals surface area contributed by atoms with Crippen molar-refractivity contribution in [2.75, 3.05) is 12.3 Å². The van der Waals surface area contributed by atoms with Crippen LogP contribution in [0.1, 0.15) is 11.4 Å². The summed E-state index contributed by atoms with van der Waals surface area (Å²) >= 11 is 1.48. The van der Waals surface area contributed by atoms with Gasteiger partial charge in [0.15, 0.2) is 0 Å². The first-order valence-corrected chi connectivity index (χ1v) is 6.03. The summed E-state index contributed by atoms with van der Waals surface area (Å²) in [4.78, 5) is 4.23. The number of fused-ring (bicyclic) bond motifs is 1. The molecule has 0 bridgehead atoms. The molecule has 0 aliphatic carbocycles. The number of nitrogen functional groups attached to an aromatic ring is 1. The van der Waals surface area contributed by atoms with Crippen LogP contribution in [0.2, 0.25) is 0 Å². The summed E-state index contributed by atoms with van der Waals surface area (Å²) in [6, 6.07) is 3.24. The summed E-state index contributed by atoms with van der Waals surface area (Å²) < 4.78 is 41.9. The molecule has 1 heterocycles. The maximum absolute atomic E-state index is 12.0. The average Bonchev–Trinajstić information content (AvgIpc) is 2.55. The van der Waals surface area contributed by atoms with E-state index >= 15 is 0 Å². The van der Waals surface area contributed by atoms with E-state index < -0.39 is 19.2 Å². The molecule has 0 fully saturated rings. The van der Waals surface area contributed by atoms with E-state index in [0.717, 1.165) is 9.71 Å². The molecule has 2 aromatic rings. The summed E-state index contributed by atoms with van der Waals surface area (Å²) in [5, 5.41) is 0.872. The number of aryl methyl sites for hydroxylation is 1. The van der Waals surface area contributed by atoms with Gasteiger partial charge in [-0.25, -0.2) is 4.98 Å². The van der Waals surface area contributed by atoms with E-state index in [-0.39, 0.29) is 5.75 Å². The maximum atomic E-state index is 12.0. The van der Waals surface area contributed by atoms with Crippen molar-refractivity contribution in [1.82, 2.24) is 4.98 Å². The van der Waals surface area contributed by atoms with E-state index in [1.54, 1.807) is 12.1 Å². The Morgan fingerprint density at radius 2 is 2.11 bits per heavy atom. The van der Waals surface area contributed by atoms with Crippen LogP contribution in [-0.4, -0.2) is 17.8 Å². The van der Waals surface area contributed by atoms with E-state index in [1.165, 1.54) is 11.3 Å². The Bertz CT molecular complexity index is 565. The number of anilines is 1. The molecule has 0 amide bonds. The van der Waals surface area contributed by atoms with Crippen molar-refractivity contribution in [2.24, 2.45) is 0 Å². The Labute approximate surface area is 105 Å². The molecule has 2 rings (SSSR count). The SMILES string of the molecule is Cc1nc2cc(OCCC(F)(F)F)c(N)cc2s1. The lowest BCUT2D eigenvalue weighted by Gasteiger charge is -2.10. The molecular weight excluding hydrogens is 265 g/mol. The lowest BCUT2D eigenvalue weighted by Crippen LogP contribution is -2.13. The van der Waals surface area contributed by atoms with Gasteiger partial charge in [0, 0.05) is 6.07 Å². The van der Waals surface area contributed by atoms with Gasteiger partial charge in [0.25, 0.3) is 0 Å². The number of ether oxygens (including phenoxy) is 1. The monoisotopic (exact) mass is 276 g/mol. The molecule has 1 aromatic carbocycles. The number of halogens is 3. The fourth-order valence-corrected chi connectivity index (χ4v) is 2.34. The second-order valence-electron chi connectivity index (χ2n) is 3.80. The number of hydrogen-bond donors (Lipinski definition) is 1. The zero-order valence-corrected chi connectivity index (χ0v) is 10.4. The first-order chi connectivity index (χ1) is 8.35. The molecule has 0 unspecified atom stereocenters. The molecule has 0 spiro atoms. The highest BCUT2D eigenvalue weighted by molar-refractivity contribution is 7.18. The van der Waals surface area contributed by atoms with Gasteiger partial charge >= 0.3 is 6.18 Å². The number of aromatic nitrogens is 1. The molecule has 2 N–H and O–H groups in total. The Balaban J connectivity index is 2.15. The number of benzene rings is 1. The number of thiazole rings is 1. The Morgan fingerprint density at radius 1 is 1.39 bits per heavy atom. The van der Waals surface area contributed by atoms with Crippen molar-refractivity contribution in [3.8, 4) is 5.75 Å². The average molecular weight is 276 g/mol. The summed E-state index contributed by atoms with van der Waals surface area (Å²) in [6.07, 6.45) is -5.23. The third-order valence-corrected chi connectivity index (χ3v) is 3.20. The molecule has 18 heavy (non-hydrogen) atoms. The normalized spacial score (nSPS) is 12.0. The van der Waals surface area contributed by atoms with Crippen LogP contribution in [0.5, 0.6) is 5.75 Å². The van der Waals surface area contributed by atoms with Crippen LogP contribution in [0.3, 0.4) is 0 Å². The third-order valence-electron chi connectivity index (χ3n) is 2.27. The van der Waals surface area contributed by atoms with E-state index in [1.807, 2.05) is 6.92 Å². The minimum absolute atomic E-state index is 0.247. The van der Waals surface area contributed by atoms with Gasteiger partial charge in [0.1, 0.15) is 5.75 Å². The van der Waals surface area contributed by atoms with Crippen molar-refractivity contribution in [1.29, 1.82) is 0 Å². The smallest absolute Gasteiger partial charge is 0.392 e. The fraction of sp³-hybridized carbons (Fsp3) is 0.364. The number of rotatable bonds is 3. The lowest BCUT2D eigenvalue weighted by molar-refractivity contribution is -0.139. The number of nitrogens with two attached hydrogens (primary N) is 1. The van der Waals surface area contributed by atoms with Gasteiger partial charge in [0.2, 0.25) is 0 Å². The predicted octanol–water partition coefficient (Wildman–Crippen LogP) is 3.52. The first kappa shape index (κ1) is 12.9. The van der Waals surface area contributed by atoms with Gasteiger partial charge in [0.05, 0.1) is 33.9 Å². The molecule has 1 aromatic heterocycles. The summed E-state index contributed by atoms with van der Waals surface area (Å²) in [6.45, 7) is 1.41. The van der Waals surface area contributed by atoms with Crippen molar-refractivity contribution >= 4 is 27.2 Å². The van der Waals surface area contributed by atoms with E-state index in [4.69, 9.17) is 10.5 Å². The second-order valence-corrected chi connectivity index (χ2v) is 5.04. The summed E-state index contributed by atoms with van der Waals surface area (Å²) in [5.41, 5.74) is 6.73. The number of hydrogen-bond acceptors (Lipinski definition) is 4. The Kier molecular flexibility index (Phi) is 3.34. The molecule has 0 saturated carbocycles. The summed E-state index contributed by atoms with van der Waals surface area (Å²) in [7, 11) is 0. The fourth-order valence-electron chi connectivity index (χ4n) is 1.49. The number of alkyl halides is 3. The second kappa shape index (κ2) is 4.64. The van der Waals surface area contributed by atoms with Crippen LogP contribution in [0.4, 0.5) is 18.9 Å². The summed E-state index contributed by atoms with van der Waals surface area (Å²) in [5.74, 6) is 0.247. The molecule has 0 atom stereocenters. The topological polar surface area (TPSA) is 48.1 Å². The predicted molar refractivity (Wildman–Crippen MR) is 64.9 cm³/mol. The highest BCUT2D eigenvalue weighted by Gasteiger charge is 2.27. The molecular formula is C11H11F3N2OS. The lowest BCUT2D eigenvalue weighted by atomic mass is 10.3. The van der Waals surface area contributed by atoms with Crippen molar-refractivity contribution in [3.63, 3.8) is 0 Å². The Hall–Kier alpha value is -1.50. The van der Waals surface area contributed by atoms with Crippen LogP contribution in [-0.2, 0) is 0 Å². The quantitative estimate of drug-likeness (QED) is 0.872. The van der Waals surface area contributed by atoms with E-state index in [0.29, 0.717) is 11.2 Å². The molecule has 0 radical (unpaired) electrons. The highest BCUT2D eigenvalue weighted by atomic mass is 32.1. The third kappa shape index (κ3) is 3.04. The minimum Gasteiger partial charge on any atom is -0.491 e. The molecule has 3 nitrogen and oxygen atoms in total. The van der Waals surface area contributed by atoms with Crippen LogP contribution < -0.4 is 10.5 Å². The van der Waals surface area contributed by atoms with Crippen LogP contribution in [0.15, 0.2) is 12.1 Å². The van der Waals surface area contributed by atoms with Crippen molar-refractivity contribution < 1.29 is 17.9 Å². The molecule has 98 valence electrons. The van der Waals surface area contributed by atoms with Crippen LogP contribution in [0, 0.1) is 6.92 Å². The molecule has 7 heteroatoms.